The zero-order chi connectivity index (χ0) is 27.8. The van der Waals surface area contributed by atoms with Crippen molar-refractivity contribution in [3.8, 4) is 0 Å². The molecule has 0 spiro atoms. The van der Waals surface area contributed by atoms with Crippen molar-refractivity contribution in [3.05, 3.63) is 64.7 Å². The molecule has 2 aromatic rings. The number of anilines is 1. The molecule has 206 valence electrons. The van der Waals surface area contributed by atoms with Crippen LogP contribution in [0.4, 0.5) is 10.5 Å². The van der Waals surface area contributed by atoms with E-state index in [9.17, 15) is 19.2 Å². The van der Waals surface area contributed by atoms with E-state index in [0.29, 0.717) is 25.1 Å². The molecule has 2 aromatic carbocycles. The third-order valence-corrected chi connectivity index (χ3v) is 6.74. The highest BCUT2D eigenvalue weighted by Gasteiger charge is 2.39. The van der Waals surface area contributed by atoms with E-state index in [0.717, 1.165) is 55.2 Å². The number of rotatable bonds is 6. The molecule has 3 heterocycles. The van der Waals surface area contributed by atoms with Crippen LogP contribution < -0.4 is 16.0 Å². The third kappa shape index (κ3) is 7.18. The Labute approximate surface area is 225 Å². The summed E-state index contributed by atoms with van der Waals surface area (Å²) in [5, 5.41) is 14.9. The smallest absolute Gasteiger partial charge is 0.319 e. The molecular weight excluding hydrogens is 506 g/mol. The molecule has 3 aliphatic heterocycles. The summed E-state index contributed by atoms with van der Waals surface area (Å²) >= 11 is 0. The summed E-state index contributed by atoms with van der Waals surface area (Å²) in [6.07, 6.45) is 0.545. The second kappa shape index (κ2) is 13.0. The largest absolute Gasteiger partial charge is 0.483 e. The number of hydrogen-bond acceptors (Lipinski definition) is 7. The first-order chi connectivity index (χ1) is 18.9. The van der Waals surface area contributed by atoms with Crippen molar-refractivity contribution in [1.82, 2.24) is 20.4 Å². The lowest BCUT2D eigenvalue weighted by Crippen LogP contribution is -2.52. The summed E-state index contributed by atoms with van der Waals surface area (Å²) < 4.78 is 5.39. The predicted molar refractivity (Wildman–Crippen MR) is 140 cm³/mol. The molecule has 4 N–H and O–H groups in total. The van der Waals surface area contributed by atoms with Gasteiger partial charge < -0.3 is 25.4 Å². The lowest BCUT2D eigenvalue weighted by atomic mass is 10.0. The van der Waals surface area contributed by atoms with Crippen LogP contribution in [-0.4, -0.2) is 77.5 Å². The van der Waals surface area contributed by atoms with Gasteiger partial charge in [0, 0.05) is 50.4 Å². The number of morpholine rings is 1. The Hall–Kier alpha value is -4.29. The Bertz CT molecular complexity index is 1240. The summed E-state index contributed by atoms with van der Waals surface area (Å²) in [4.78, 5) is 61.2. The molecule has 5 rings (SSSR count). The number of fused-ring (bicyclic) bond motifs is 1. The molecule has 12 nitrogen and oxygen atoms in total. The molecule has 5 amide bonds. The van der Waals surface area contributed by atoms with Crippen molar-refractivity contribution in [2.75, 3.05) is 31.6 Å². The molecule has 0 saturated carbocycles. The number of hydrogen-bond donors (Lipinski definition) is 4. The second-order valence-corrected chi connectivity index (χ2v) is 9.39. The van der Waals surface area contributed by atoms with Crippen LogP contribution in [0.1, 0.15) is 39.9 Å². The van der Waals surface area contributed by atoms with Crippen LogP contribution in [-0.2, 0) is 38.8 Å². The molecule has 1 unspecified atom stereocenters. The lowest BCUT2D eigenvalue weighted by molar-refractivity contribution is -0.137. The molecular formula is C27H31N5O7. The van der Waals surface area contributed by atoms with E-state index in [2.05, 4.69) is 20.9 Å². The molecule has 39 heavy (non-hydrogen) atoms. The van der Waals surface area contributed by atoms with Gasteiger partial charge in [0.15, 0.2) is 0 Å². The summed E-state index contributed by atoms with van der Waals surface area (Å²) in [7, 11) is 0. The van der Waals surface area contributed by atoms with E-state index in [1.807, 2.05) is 30.3 Å². The van der Waals surface area contributed by atoms with Gasteiger partial charge >= 0.3 is 6.03 Å². The maximum Gasteiger partial charge on any atom is 0.319 e. The molecule has 12 heteroatoms. The number of piperidine rings is 1. The maximum atomic E-state index is 12.8. The minimum absolute atomic E-state index is 0.214. The fraction of sp³-hybridized carbons (Fsp3) is 0.370. The number of nitrogens with zero attached hydrogens (tertiary/aromatic N) is 2. The molecule has 0 aliphatic carbocycles. The number of imide groups is 1. The molecule has 0 radical (unpaired) electrons. The van der Waals surface area contributed by atoms with Crippen molar-refractivity contribution in [2.45, 2.75) is 38.5 Å². The van der Waals surface area contributed by atoms with Gasteiger partial charge in [-0.3, -0.25) is 29.4 Å². The van der Waals surface area contributed by atoms with Gasteiger partial charge in [-0.15, -0.1) is 0 Å². The molecule has 0 bridgehead atoms. The van der Waals surface area contributed by atoms with E-state index in [1.54, 1.807) is 12.1 Å². The standard InChI is InChI=1S/C26H29N5O5.CH2O2/c32-23-7-6-22(24(33)29-23)31-16-19-12-17(4-5-21(19)25(31)34)14-27-26(35)28-20-3-1-2-18(13-20)15-30-8-10-36-11-9-30;2-1-3/h1-5,12-13,22H,6-11,14-16H2,(H2,27,28,35)(H,29,32,33);1H,(H,2,3). The first-order valence-corrected chi connectivity index (χ1v) is 12.7. The molecule has 2 fully saturated rings. The highest BCUT2D eigenvalue weighted by molar-refractivity contribution is 6.05. The number of carboxylic acid groups (broad SMARTS) is 1. The first-order valence-electron chi connectivity index (χ1n) is 12.7. The third-order valence-electron chi connectivity index (χ3n) is 6.74. The van der Waals surface area contributed by atoms with Gasteiger partial charge in [-0.2, -0.15) is 0 Å². The minimum atomic E-state index is -0.644. The zero-order valence-corrected chi connectivity index (χ0v) is 21.4. The summed E-state index contributed by atoms with van der Waals surface area (Å²) in [6, 6.07) is 12.2. The van der Waals surface area contributed by atoms with Crippen LogP contribution in [0.3, 0.4) is 0 Å². The minimum Gasteiger partial charge on any atom is -0.483 e. The van der Waals surface area contributed by atoms with Crippen LogP contribution in [0.15, 0.2) is 42.5 Å². The molecule has 3 aliphatic rings. The van der Waals surface area contributed by atoms with E-state index < -0.39 is 11.9 Å². The van der Waals surface area contributed by atoms with Crippen LogP contribution in [0.25, 0.3) is 0 Å². The Balaban J connectivity index is 0.00000112. The number of ether oxygens (including phenoxy) is 1. The number of urea groups is 1. The summed E-state index contributed by atoms with van der Waals surface area (Å²) in [5.41, 5.74) is 4.05. The van der Waals surface area contributed by atoms with Crippen molar-refractivity contribution < 1.29 is 33.8 Å². The topological polar surface area (TPSA) is 157 Å². The van der Waals surface area contributed by atoms with Crippen molar-refractivity contribution in [3.63, 3.8) is 0 Å². The quantitative estimate of drug-likeness (QED) is 0.317. The van der Waals surface area contributed by atoms with Gasteiger partial charge in [0.05, 0.1) is 13.2 Å². The van der Waals surface area contributed by atoms with Gasteiger partial charge in [-0.1, -0.05) is 24.3 Å². The number of carbonyl (C=O) groups excluding carboxylic acids is 4. The fourth-order valence-corrected chi connectivity index (χ4v) is 4.86. The fourth-order valence-electron chi connectivity index (χ4n) is 4.86. The highest BCUT2D eigenvalue weighted by Crippen LogP contribution is 2.28. The molecule has 1 atom stereocenters. The van der Waals surface area contributed by atoms with E-state index in [4.69, 9.17) is 14.6 Å². The van der Waals surface area contributed by atoms with Gasteiger partial charge in [-0.05, 0) is 41.3 Å². The monoisotopic (exact) mass is 537 g/mol. The number of carbonyl (C=O) groups is 5. The zero-order valence-electron chi connectivity index (χ0n) is 21.4. The molecule has 2 saturated heterocycles. The summed E-state index contributed by atoms with van der Waals surface area (Å²) in [5.74, 6) is -0.954. The van der Waals surface area contributed by atoms with Crippen molar-refractivity contribution >= 4 is 35.9 Å². The maximum absolute atomic E-state index is 12.8. The summed E-state index contributed by atoms with van der Waals surface area (Å²) in [6.45, 7) is 4.43. The normalized spacial score (nSPS) is 18.9. The first kappa shape index (κ1) is 27.7. The lowest BCUT2D eigenvalue weighted by Gasteiger charge is -2.29. The average molecular weight is 538 g/mol. The highest BCUT2D eigenvalue weighted by atomic mass is 16.5. The second-order valence-electron chi connectivity index (χ2n) is 9.39. The van der Waals surface area contributed by atoms with Gasteiger partial charge in [0.1, 0.15) is 6.04 Å². The number of amides is 5. The Morgan fingerprint density at radius 1 is 1.10 bits per heavy atom. The van der Waals surface area contributed by atoms with E-state index in [1.165, 1.54) is 4.90 Å². The Kier molecular flexibility index (Phi) is 9.23. The Morgan fingerprint density at radius 3 is 2.62 bits per heavy atom. The van der Waals surface area contributed by atoms with Crippen LogP contribution >= 0.6 is 0 Å². The van der Waals surface area contributed by atoms with Crippen molar-refractivity contribution in [2.24, 2.45) is 0 Å². The average Bonchev–Trinajstić information content (AvgIpc) is 3.24. The van der Waals surface area contributed by atoms with Crippen LogP contribution in [0, 0.1) is 0 Å². The molecule has 0 aromatic heterocycles. The van der Waals surface area contributed by atoms with E-state index >= 15 is 0 Å². The number of nitrogens with one attached hydrogen (secondary N) is 3. The van der Waals surface area contributed by atoms with Gasteiger partial charge in [0.25, 0.3) is 12.4 Å². The van der Waals surface area contributed by atoms with Gasteiger partial charge in [0.2, 0.25) is 11.8 Å². The van der Waals surface area contributed by atoms with Gasteiger partial charge in [-0.25, -0.2) is 4.79 Å². The van der Waals surface area contributed by atoms with Crippen LogP contribution in [0.2, 0.25) is 0 Å². The predicted octanol–water partition coefficient (Wildman–Crippen LogP) is 1.30. The van der Waals surface area contributed by atoms with E-state index in [-0.39, 0.29) is 30.7 Å². The van der Waals surface area contributed by atoms with Crippen molar-refractivity contribution in [1.29, 1.82) is 0 Å². The van der Waals surface area contributed by atoms with Crippen LogP contribution in [0.5, 0.6) is 0 Å². The Morgan fingerprint density at radius 2 is 1.87 bits per heavy atom. The SMILES string of the molecule is O=C1CCC(N2Cc3cc(CNC(=O)Nc4cccc(CN5CCOCC5)c4)ccc3C2=O)C(=O)N1.O=CO. The number of benzene rings is 2.